The number of sulfonamides is 1. The Labute approximate surface area is 146 Å². The normalized spacial score (nSPS) is 12.5. The highest BCUT2D eigenvalue weighted by Crippen LogP contribution is 2.28. The third kappa shape index (κ3) is 5.28. The maximum absolute atomic E-state index is 12.5. The van der Waals surface area contributed by atoms with Crippen LogP contribution in [0.2, 0.25) is 0 Å². The Bertz CT molecular complexity index is 817. The predicted octanol–water partition coefficient (Wildman–Crippen LogP) is 3.43. The molecule has 7 heteroatoms. The summed E-state index contributed by atoms with van der Waals surface area (Å²) in [4.78, 5) is 13.5. The fourth-order valence-electron chi connectivity index (χ4n) is 2.08. The van der Waals surface area contributed by atoms with Gasteiger partial charge in [0.1, 0.15) is 5.75 Å². The summed E-state index contributed by atoms with van der Waals surface area (Å²) in [7, 11) is -1.72. The number of anilines is 1. The molecule has 0 saturated carbocycles. The van der Waals surface area contributed by atoms with Crippen molar-refractivity contribution in [1.29, 1.82) is 0 Å². The van der Waals surface area contributed by atoms with E-state index in [1.807, 2.05) is 31.2 Å². The Kier molecular flexibility index (Phi) is 5.90. The Morgan fingerprint density at radius 1 is 1.17 bits per heavy atom. The fraction of sp³-hybridized carbons (Fsp3) is 0.235. The van der Waals surface area contributed by atoms with Gasteiger partial charge < -0.3 is 4.74 Å². The molecule has 2 rings (SSSR count). The van der Waals surface area contributed by atoms with Gasteiger partial charge in [0.15, 0.2) is 5.78 Å². The first kappa shape index (κ1) is 18.4. The van der Waals surface area contributed by atoms with Crippen LogP contribution in [0.4, 0.5) is 5.69 Å². The number of methoxy groups -OCH3 is 1. The summed E-state index contributed by atoms with van der Waals surface area (Å²) in [5, 5.41) is -0.272. The van der Waals surface area contributed by atoms with Crippen molar-refractivity contribution in [3.63, 3.8) is 0 Å². The van der Waals surface area contributed by atoms with Gasteiger partial charge in [-0.15, -0.1) is 11.8 Å². The summed E-state index contributed by atoms with van der Waals surface area (Å²) in [6, 6.07) is 13.9. The third-order valence-corrected chi connectivity index (χ3v) is 4.90. The predicted molar refractivity (Wildman–Crippen MR) is 97.6 cm³/mol. The number of ketones is 1. The summed E-state index contributed by atoms with van der Waals surface area (Å²) < 4.78 is 29.9. The van der Waals surface area contributed by atoms with Gasteiger partial charge in [-0.2, -0.15) is 0 Å². The molecule has 1 atom stereocenters. The first-order chi connectivity index (χ1) is 11.3. The highest BCUT2D eigenvalue weighted by Gasteiger charge is 2.17. The van der Waals surface area contributed by atoms with Crippen molar-refractivity contribution in [2.24, 2.45) is 0 Å². The second kappa shape index (κ2) is 7.72. The molecule has 0 fully saturated rings. The molecule has 0 unspecified atom stereocenters. The molecule has 1 N–H and O–H groups in total. The summed E-state index contributed by atoms with van der Waals surface area (Å²) in [6.45, 7) is 1.84. The zero-order valence-electron chi connectivity index (χ0n) is 13.6. The first-order valence-corrected chi connectivity index (χ1v) is 9.98. The van der Waals surface area contributed by atoms with Crippen LogP contribution in [-0.2, 0) is 10.0 Å². The van der Waals surface area contributed by atoms with E-state index >= 15 is 0 Å². The third-order valence-electron chi connectivity index (χ3n) is 3.20. The largest absolute Gasteiger partial charge is 0.497 e. The molecule has 128 valence electrons. The lowest BCUT2D eigenvalue weighted by molar-refractivity contribution is 0.0994. The maximum atomic E-state index is 12.5. The van der Waals surface area contributed by atoms with Gasteiger partial charge in [0, 0.05) is 16.1 Å². The van der Waals surface area contributed by atoms with Crippen LogP contribution in [0.15, 0.2) is 53.4 Å². The van der Waals surface area contributed by atoms with E-state index in [1.165, 1.54) is 11.8 Å². The van der Waals surface area contributed by atoms with Crippen molar-refractivity contribution in [3.8, 4) is 5.75 Å². The Morgan fingerprint density at radius 3 is 2.42 bits per heavy atom. The highest BCUT2D eigenvalue weighted by atomic mass is 32.2. The van der Waals surface area contributed by atoms with Crippen LogP contribution in [0.3, 0.4) is 0 Å². The van der Waals surface area contributed by atoms with Crippen LogP contribution in [0.1, 0.15) is 17.3 Å². The molecule has 2 aromatic carbocycles. The summed E-state index contributed by atoms with van der Waals surface area (Å²) in [6.07, 6.45) is 1.08. The molecule has 24 heavy (non-hydrogen) atoms. The van der Waals surface area contributed by atoms with E-state index in [1.54, 1.807) is 31.4 Å². The van der Waals surface area contributed by atoms with Crippen LogP contribution in [-0.4, -0.2) is 32.8 Å². The molecule has 0 radical (unpaired) electrons. The topological polar surface area (TPSA) is 72.5 Å². The van der Waals surface area contributed by atoms with Crippen LogP contribution in [0.5, 0.6) is 5.75 Å². The zero-order valence-corrected chi connectivity index (χ0v) is 15.3. The Balaban J connectivity index is 2.07. The van der Waals surface area contributed by atoms with Gasteiger partial charge in [0.25, 0.3) is 0 Å². The lowest BCUT2D eigenvalue weighted by Gasteiger charge is -2.12. The summed E-state index contributed by atoms with van der Waals surface area (Å²) >= 11 is 1.45. The van der Waals surface area contributed by atoms with Gasteiger partial charge in [-0.05, 0) is 49.4 Å². The number of hydrogen-bond donors (Lipinski definition) is 1. The molecule has 0 bridgehead atoms. The summed E-state index contributed by atoms with van der Waals surface area (Å²) in [5.41, 5.74) is 0.971. The van der Waals surface area contributed by atoms with Crippen LogP contribution in [0.25, 0.3) is 0 Å². The van der Waals surface area contributed by atoms with Gasteiger partial charge in [-0.1, -0.05) is 6.07 Å². The quantitative estimate of drug-likeness (QED) is 0.601. The molecule has 0 aliphatic heterocycles. The molecule has 0 saturated heterocycles. The molecule has 0 spiro atoms. The minimum atomic E-state index is -3.32. The monoisotopic (exact) mass is 365 g/mol. The minimum Gasteiger partial charge on any atom is -0.497 e. The molecule has 0 heterocycles. The van der Waals surface area contributed by atoms with Gasteiger partial charge in [-0.3, -0.25) is 9.52 Å². The van der Waals surface area contributed by atoms with Crippen molar-refractivity contribution >= 4 is 33.3 Å². The van der Waals surface area contributed by atoms with Crippen LogP contribution in [0, 0.1) is 0 Å². The van der Waals surface area contributed by atoms with Crippen molar-refractivity contribution in [3.05, 3.63) is 54.1 Å². The molecule has 2 aromatic rings. The van der Waals surface area contributed by atoms with Crippen molar-refractivity contribution < 1.29 is 17.9 Å². The average Bonchev–Trinajstić information content (AvgIpc) is 2.53. The lowest BCUT2D eigenvalue weighted by atomic mass is 10.1. The highest BCUT2D eigenvalue weighted by molar-refractivity contribution is 8.00. The van der Waals surface area contributed by atoms with E-state index in [-0.39, 0.29) is 11.0 Å². The second-order valence-corrected chi connectivity index (χ2v) is 8.42. The number of thioether (sulfide) groups is 1. The number of Topliss-reactive ketones (excluding diaryl/α,β-unsaturated/α-hetero) is 1. The standard InChI is InChI=1S/C17H19NO4S2/c1-12(23-16-6-4-5-15(11-16)22-2)17(19)13-7-9-14(10-8-13)18-24(3,20)21/h4-12,18H,1-3H3/t12-/m0/s1. The summed E-state index contributed by atoms with van der Waals surface area (Å²) in [5.74, 6) is 0.726. The van der Waals surface area contributed by atoms with Crippen LogP contribution < -0.4 is 9.46 Å². The first-order valence-electron chi connectivity index (χ1n) is 7.21. The number of ether oxygens (including phenoxy) is 1. The molecule has 0 aliphatic carbocycles. The van der Waals surface area contributed by atoms with E-state index in [4.69, 9.17) is 4.74 Å². The number of carbonyl (C=O) groups excluding carboxylic acids is 1. The molecular formula is C17H19NO4S2. The van der Waals surface area contributed by atoms with E-state index < -0.39 is 10.0 Å². The molecule has 0 aromatic heterocycles. The fourth-order valence-corrected chi connectivity index (χ4v) is 3.64. The van der Waals surface area contributed by atoms with E-state index in [0.29, 0.717) is 11.3 Å². The average molecular weight is 365 g/mol. The van der Waals surface area contributed by atoms with Gasteiger partial charge in [0.2, 0.25) is 10.0 Å². The van der Waals surface area contributed by atoms with Crippen LogP contribution >= 0.6 is 11.8 Å². The van der Waals surface area contributed by atoms with Crippen molar-refractivity contribution in [2.45, 2.75) is 17.1 Å². The van der Waals surface area contributed by atoms with Crippen molar-refractivity contribution in [1.82, 2.24) is 0 Å². The van der Waals surface area contributed by atoms with Gasteiger partial charge in [0.05, 0.1) is 18.6 Å². The second-order valence-electron chi connectivity index (χ2n) is 5.25. The minimum absolute atomic E-state index is 0.0197. The Morgan fingerprint density at radius 2 is 1.83 bits per heavy atom. The zero-order chi connectivity index (χ0) is 17.7. The van der Waals surface area contributed by atoms with Gasteiger partial charge >= 0.3 is 0 Å². The molecule has 0 amide bonds. The number of benzene rings is 2. The van der Waals surface area contributed by atoms with Gasteiger partial charge in [-0.25, -0.2) is 8.42 Å². The van der Waals surface area contributed by atoms with Crippen molar-refractivity contribution in [2.75, 3.05) is 18.1 Å². The number of nitrogens with one attached hydrogen (secondary N) is 1. The van der Waals surface area contributed by atoms with E-state index in [9.17, 15) is 13.2 Å². The van der Waals surface area contributed by atoms with E-state index in [2.05, 4.69) is 4.72 Å². The lowest BCUT2D eigenvalue weighted by Crippen LogP contribution is -2.14. The molecule has 5 nitrogen and oxygen atoms in total. The maximum Gasteiger partial charge on any atom is 0.229 e. The smallest absolute Gasteiger partial charge is 0.229 e. The number of carbonyl (C=O) groups is 1. The molecule has 0 aliphatic rings. The number of hydrogen-bond acceptors (Lipinski definition) is 5. The van der Waals surface area contributed by atoms with E-state index in [0.717, 1.165) is 16.9 Å². The molecular weight excluding hydrogens is 346 g/mol. The SMILES string of the molecule is COc1cccc(S[C@@H](C)C(=O)c2ccc(NS(C)(=O)=O)cc2)c1. The Hall–Kier alpha value is -1.99. The number of rotatable bonds is 7.